The van der Waals surface area contributed by atoms with Gasteiger partial charge in [-0.05, 0) is 25.4 Å². The topological polar surface area (TPSA) is 24.4 Å². The van der Waals surface area contributed by atoms with Crippen LogP contribution in [-0.4, -0.2) is 13.8 Å². The first-order valence-corrected chi connectivity index (χ1v) is 4.19. The highest BCUT2D eigenvalue weighted by Gasteiger charge is 2.01. The molecule has 0 aliphatic rings. The normalized spacial score (nSPS) is 9.62. The van der Waals surface area contributed by atoms with E-state index < -0.39 is 0 Å². The Kier molecular flexibility index (Phi) is 3.41. The van der Waals surface area contributed by atoms with Gasteiger partial charge in [0.1, 0.15) is 0 Å². The van der Waals surface area contributed by atoms with Crippen molar-refractivity contribution < 1.29 is 0 Å². The molecule has 0 saturated heterocycles. The van der Waals surface area contributed by atoms with E-state index in [1.54, 1.807) is 0 Å². The van der Waals surface area contributed by atoms with Gasteiger partial charge < -0.3 is 5.32 Å². The average Bonchev–Trinajstić information content (AvgIpc) is 2.18. The summed E-state index contributed by atoms with van der Waals surface area (Å²) in [5, 5.41) is 3.10. The van der Waals surface area contributed by atoms with E-state index in [4.69, 9.17) is 0 Å². The highest BCUT2D eigenvalue weighted by molar-refractivity contribution is 5.67. The van der Waals surface area contributed by atoms with Crippen molar-refractivity contribution in [2.75, 3.05) is 7.05 Å². The lowest BCUT2D eigenvalue weighted by atomic mass is 10.1. The van der Waals surface area contributed by atoms with Gasteiger partial charge in [0.15, 0.2) is 0 Å². The fraction of sp³-hybridized carbons (Fsp3) is 0.182. The van der Waals surface area contributed by atoms with Crippen molar-refractivity contribution >= 4 is 18.5 Å². The Morgan fingerprint density at radius 1 is 1.54 bits per heavy atom. The maximum absolute atomic E-state index is 3.94. The molecule has 1 N–H and O–H groups in total. The molecule has 2 nitrogen and oxygen atoms in total. The molecule has 0 radical (unpaired) electrons. The summed E-state index contributed by atoms with van der Waals surface area (Å²) >= 11 is 0. The van der Waals surface area contributed by atoms with Crippen molar-refractivity contribution in [2.45, 2.75) is 6.54 Å². The molecular formula is C11H14N2. The molecule has 1 aromatic carbocycles. The van der Waals surface area contributed by atoms with Gasteiger partial charge in [0.05, 0.1) is 5.69 Å². The number of nitrogens with zero attached hydrogens (tertiary/aromatic N) is 1. The van der Waals surface area contributed by atoms with Crippen molar-refractivity contribution in [1.29, 1.82) is 0 Å². The zero-order valence-electron chi connectivity index (χ0n) is 7.88. The van der Waals surface area contributed by atoms with E-state index in [1.165, 1.54) is 5.56 Å². The van der Waals surface area contributed by atoms with E-state index in [-0.39, 0.29) is 0 Å². The lowest BCUT2D eigenvalue weighted by Crippen LogP contribution is -2.06. The SMILES string of the molecule is C=Cc1c(CNC)cccc1N=C. The molecule has 0 saturated carbocycles. The van der Waals surface area contributed by atoms with Gasteiger partial charge in [-0.25, -0.2) is 0 Å². The number of hydrogen-bond acceptors (Lipinski definition) is 2. The third-order valence-electron chi connectivity index (χ3n) is 1.92. The smallest absolute Gasteiger partial charge is 0.0697 e. The number of hydrogen-bond donors (Lipinski definition) is 1. The van der Waals surface area contributed by atoms with Crippen LogP contribution in [0.15, 0.2) is 29.8 Å². The highest BCUT2D eigenvalue weighted by Crippen LogP contribution is 2.23. The van der Waals surface area contributed by atoms with Crippen LogP contribution in [0.3, 0.4) is 0 Å². The van der Waals surface area contributed by atoms with Crippen LogP contribution in [0, 0.1) is 0 Å². The second kappa shape index (κ2) is 4.58. The van der Waals surface area contributed by atoms with Gasteiger partial charge in [-0.2, -0.15) is 0 Å². The molecule has 1 aromatic rings. The third kappa shape index (κ3) is 2.04. The van der Waals surface area contributed by atoms with Crippen LogP contribution < -0.4 is 5.32 Å². The lowest BCUT2D eigenvalue weighted by molar-refractivity contribution is 0.816. The van der Waals surface area contributed by atoms with E-state index in [2.05, 4.69) is 29.7 Å². The van der Waals surface area contributed by atoms with E-state index in [9.17, 15) is 0 Å². The minimum Gasteiger partial charge on any atom is -0.316 e. The van der Waals surface area contributed by atoms with Crippen LogP contribution in [0.25, 0.3) is 6.08 Å². The molecule has 1 rings (SSSR count). The monoisotopic (exact) mass is 174 g/mol. The third-order valence-corrected chi connectivity index (χ3v) is 1.92. The van der Waals surface area contributed by atoms with Gasteiger partial charge in [-0.3, -0.25) is 4.99 Å². The quantitative estimate of drug-likeness (QED) is 0.696. The molecule has 0 amide bonds. The summed E-state index contributed by atoms with van der Waals surface area (Å²) in [6.45, 7) is 8.11. The van der Waals surface area contributed by atoms with E-state index in [1.807, 2.05) is 25.3 Å². The second-order valence-corrected chi connectivity index (χ2v) is 2.74. The molecule has 13 heavy (non-hydrogen) atoms. The first kappa shape index (κ1) is 9.68. The van der Waals surface area contributed by atoms with Crippen LogP contribution in [-0.2, 0) is 6.54 Å². The maximum Gasteiger partial charge on any atom is 0.0697 e. The van der Waals surface area contributed by atoms with Gasteiger partial charge in [0, 0.05) is 12.1 Å². The fourth-order valence-corrected chi connectivity index (χ4v) is 1.32. The predicted molar refractivity (Wildman–Crippen MR) is 58.5 cm³/mol. The van der Waals surface area contributed by atoms with E-state index >= 15 is 0 Å². The van der Waals surface area contributed by atoms with Crippen LogP contribution in [0.2, 0.25) is 0 Å². The zero-order valence-corrected chi connectivity index (χ0v) is 7.88. The van der Waals surface area contributed by atoms with Gasteiger partial charge in [0.2, 0.25) is 0 Å². The van der Waals surface area contributed by atoms with Crippen LogP contribution in [0.5, 0.6) is 0 Å². The minimum atomic E-state index is 0.824. The Labute approximate surface area is 79.0 Å². The van der Waals surface area contributed by atoms with Crippen LogP contribution in [0.4, 0.5) is 5.69 Å². The Hall–Kier alpha value is -1.41. The molecule has 0 unspecified atom stereocenters. The summed E-state index contributed by atoms with van der Waals surface area (Å²) in [7, 11) is 1.92. The Morgan fingerprint density at radius 2 is 2.31 bits per heavy atom. The number of benzene rings is 1. The highest BCUT2D eigenvalue weighted by atomic mass is 14.8. The summed E-state index contributed by atoms with van der Waals surface area (Å²) in [6, 6.07) is 5.97. The maximum atomic E-state index is 3.94. The molecule has 0 bridgehead atoms. The van der Waals surface area contributed by atoms with Crippen LogP contribution in [0.1, 0.15) is 11.1 Å². The molecule has 0 aliphatic heterocycles. The van der Waals surface area contributed by atoms with Gasteiger partial charge in [-0.15, -0.1) is 0 Å². The number of rotatable bonds is 4. The molecule has 2 heteroatoms. The first-order valence-electron chi connectivity index (χ1n) is 4.19. The van der Waals surface area contributed by atoms with E-state index in [0.717, 1.165) is 17.8 Å². The fourth-order valence-electron chi connectivity index (χ4n) is 1.32. The van der Waals surface area contributed by atoms with Crippen molar-refractivity contribution in [2.24, 2.45) is 4.99 Å². The zero-order chi connectivity index (χ0) is 9.68. The molecule has 0 aliphatic carbocycles. The molecular weight excluding hydrogens is 160 g/mol. The molecule has 0 aromatic heterocycles. The molecule has 68 valence electrons. The molecule has 0 spiro atoms. The Morgan fingerprint density at radius 3 is 2.85 bits per heavy atom. The predicted octanol–water partition coefficient (Wildman–Crippen LogP) is 2.38. The Balaban J connectivity index is 3.18. The standard InChI is InChI=1S/C11H14N2/c1-4-10-9(8-12-2)6-5-7-11(10)13-3/h4-7,12H,1,3,8H2,2H3. The van der Waals surface area contributed by atoms with Crippen molar-refractivity contribution in [3.05, 3.63) is 35.9 Å². The summed E-state index contributed by atoms with van der Waals surface area (Å²) in [6.07, 6.45) is 1.82. The van der Waals surface area contributed by atoms with Crippen molar-refractivity contribution in [1.82, 2.24) is 5.32 Å². The van der Waals surface area contributed by atoms with Gasteiger partial charge in [0.25, 0.3) is 0 Å². The van der Waals surface area contributed by atoms with Crippen LogP contribution >= 0.6 is 0 Å². The number of nitrogens with one attached hydrogen (secondary N) is 1. The largest absolute Gasteiger partial charge is 0.316 e. The Bertz CT molecular complexity index is 316. The van der Waals surface area contributed by atoms with E-state index in [0.29, 0.717) is 0 Å². The molecule has 0 atom stereocenters. The number of aliphatic imine (C=N–C) groups is 1. The summed E-state index contributed by atoms with van der Waals surface area (Å²) in [5.41, 5.74) is 3.15. The first-order chi connectivity index (χ1) is 6.33. The van der Waals surface area contributed by atoms with Crippen molar-refractivity contribution in [3.8, 4) is 0 Å². The second-order valence-electron chi connectivity index (χ2n) is 2.74. The van der Waals surface area contributed by atoms with Crippen molar-refractivity contribution in [3.63, 3.8) is 0 Å². The summed E-state index contributed by atoms with van der Waals surface area (Å²) in [4.78, 5) is 3.94. The minimum absolute atomic E-state index is 0.824. The average molecular weight is 174 g/mol. The summed E-state index contributed by atoms with van der Waals surface area (Å²) in [5.74, 6) is 0. The van der Waals surface area contributed by atoms with Gasteiger partial charge >= 0.3 is 0 Å². The molecule has 0 fully saturated rings. The molecule has 0 heterocycles. The summed E-state index contributed by atoms with van der Waals surface area (Å²) < 4.78 is 0. The van der Waals surface area contributed by atoms with Gasteiger partial charge in [-0.1, -0.05) is 24.8 Å². The lowest BCUT2D eigenvalue weighted by Gasteiger charge is -2.07.